The summed E-state index contributed by atoms with van der Waals surface area (Å²) in [7, 11) is 0. The van der Waals surface area contributed by atoms with E-state index in [1.807, 2.05) is 0 Å². The standard InChI is InChI=1S/C25H42O7/c1-4-7-10-13-16-29-21-19-20(32-25(27)28)22(26)24(31-18-15-12-9-6-3)23(21)30-17-14-11-8-5-2/h19,26H,4-18H2,1-3H3,(H,27,28). The van der Waals surface area contributed by atoms with E-state index in [1.165, 1.54) is 6.07 Å². The molecule has 0 spiro atoms. The van der Waals surface area contributed by atoms with Gasteiger partial charge in [0.1, 0.15) is 0 Å². The maximum Gasteiger partial charge on any atom is 0.511 e. The Labute approximate surface area is 193 Å². The van der Waals surface area contributed by atoms with Crippen LogP contribution in [0.4, 0.5) is 4.79 Å². The first-order chi connectivity index (χ1) is 15.5. The molecule has 0 aliphatic carbocycles. The van der Waals surface area contributed by atoms with Crippen LogP contribution >= 0.6 is 0 Å². The maximum absolute atomic E-state index is 11.1. The van der Waals surface area contributed by atoms with Gasteiger partial charge < -0.3 is 29.2 Å². The van der Waals surface area contributed by atoms with Gasteiger partial charge in [0, 0.05) is 6.07 Å². The Morgan fingerprint density at radius 2 is 1.16 bits per heavy atom. The number of phenols is 1. The number of ether oxygens (including phenoxy) is 4. The Balaban J connectivity index is 3.08. The molecule has 7 nitrogen and oxygen atoms in total. The molecule has 0 fully saturated rings. The lowest BCUT2D eigenvalue weighted by Crippen LogP contribution is -2.09. The lowest BCUT2D eigenvalue weighted by atomic mass is 10.2. The summed E-state index contributed by atoms with van der Waals surface area (Å²) in [5.74, 6) is 0.115. The molecule has 0 atom stereocenters. The molecular weight excluding hydrogens is 412 g/mol. The Morgan fingerprint density at radius 1 is 0.688 bits per heavy atom. The van der Waals surface area contributed by atoms with Crippen molar-refractivity contribution < 1.29 is 34.0 Å². The number of hydrogen-bond acceptors (Lipinski definition) is 6. The molecule has 1 aromatic carbocycles. The Hall–Kier alpha value is -2.31. The highest BCUT2D eigenvalue weighted by atomic mass is 16.7. The van der Waals surface area contributed by atoms with Crippen molar-refractivity contribution in [1.29, 1.82) is 0 Å². The molecule has 1 aromatic rings. The Kier molecular flexibility index (Phi) is 15.0. The van der Waals surface area contributed by atoms with Gasteiger partial charge in [-0.1, -0.05) is 78.6 Å². The number of benzene rings is 1. The van der Waals surface area contributed by atoms with Gasteiger partial charge in [0.25, 0.3) is 0 Å². The number of phenolic OH excluding ortho intramolecular Hbond substituents is 1. The zero-order valence-corrected chi connectivity index (χ0v) is 20.1. The first kappa shape index (κ1) is 27.7. The van der Waals surface area contributed by atoms with Crippen molar-refractivity contribution in [2.75, 3.05) is 19.8 Å². The van der Waals surface area contributed by atoms with Gasteiger partial charge >= 0.3 is 6.16 Å². The van der Waals surface area contributed by atoms with E-state index < -0.39 is 6.16 Å². The van der Waals surface area contributed by atoms with Crippen LogP contribution in [0.15, 0.2) is 6.07 Å². The minimum atomic E-state index is -1.52. The van der Waals surface area contributed by atoms with Gasteiger partial charge in [0.2, 0.25) is 17.2 Å². The quantitative estimate of drug-likeness (QED) is 0.128. The molecule has 0 aliphatic rings. The third-order valence-electron chi connectivity index (χ3n) is 5.08. The summed E-state index contributed by atoms with van der Waals surface area (Å²) < 4.78 is 22.6. The van der Waals surface area contributed by atoms with E-state index in [1.54, 1.807) is 0 Å². The molecule has 0 saturated heterocycles. The average molecular weight is 455 g/mol. The lowest BCUT2D eigenvalue weighted by molar-refractivity contribution is 0.141. The molecule has 0 bridgehead atoms. The number of carboxylic acid groups (broad SMARTS) is 1. The maximum atomic E-state index is 11.1. The van der Waals surface area contributed by atoms with Gasteiger partial charge in [-0.05, 0) is 19.3 Å². The van der Waals surface area contributed by atoms with Gasteiger partial charge in [0.05, 0.1) is 19.8 Å². The monoisotopic (exact) mass is 454 g/mol. The van der Waals surface area contributed by atoms with Gasteiger partial charge in [-0.2, -0.15) is 0 Å². The van der Waals surface area contributed by atoms with Crippen LogP contribution in [0, 0.1) is 0 Å². The smallest absolute Gasteiger partial charge is 0.502 e. The number of rotatable bonds is 19. The Bertz CT molecular complexity index is 646. The fourth-order valence-corrected chi connectivity index (χ4v) is 3.25. The first-order valence-electron chi connectivity index (χ1n) is 12.2. The van der Waals surface area contributed by atoms with Crippen molar-refractivity contribution in [2.24, 2.45) is 0 Å². The predicted octanol–water partition coefficient (Wildman–Crippen LogP) is 7.33. The molecule has 0 aromatic heterocycles. The fraction of sp³-hybridized carbons (Fsp3) is 0.720. The van der Waals surface area contributed by atoms with Crippen LogP contribution in [0.1, 0.15) is 97.8 Å². The molecule has 0 saturated carbocycles. The topological polar surface area (TPSA) is 94.5 Å². The molecule has 0 radical (unpaired) electrons. The van der Waals surface area contributed by atoms with Crippen LogP contribution < -0.4 is 18.9 Å². The summed E-state index contributed by atoms with van der Waals surface area (Å²) in [6, 6.07) is 1.37. The minimum absolute atomic E-state index is 0.0827. The van der Waals surface area contributed by atoms with Gasteiger partial charge in [0.15, 0.2) is 11.5 Å². The molecule has 1 rings (SSSR count). The van der Waals surface area contributed by atoms with E-state index in [-0.39, 0.29) is 17.2 Å². The summed E-state index contributed by atoms with van der Waals surface area (Å²) in [6.45, 7) is 7.72. The zero-order chi connectivity index (χ0) is 23.6. The van der Waals surface area contributed by atoms with Crippen molar-refractivity contribution in [2.45, 2.75) is 97.8 Å². The molecule has 2 N–H and O–H groups in total. The Morgan fingerprint density at radius 3 is 1.62 bits per heavy atom. The van der Waals surface area contributed by atoms with Gasteiger partial charge in [-0.3, -0.25) is 0 Å². The number of unbranched alkanes of at least 4 members (excludes halogenated alkanes) is 9. The third kappa shape index (κ3) is 10.8. The van der Waals surface area contributed by atoms with Crippen molar-refractivity contribution in [3.8, 4) is 28.7 Å². The van der Waals surface area contributed by atoms with Crippen molar-refractivity contribution >= 4 is 6.16 Å². The van der Waals surface area contributed by atoms with Gasteiger partial charge in [-0.25, -0.2) is 4.79 Å². The largest absolute Gasteiger partial charge is 0.511 e. The van der Waals surface area contributed by atoms with Crippen LogP contribution in [0.3, 0.4) is 0 Å². The minimum Gasteiger partial charge on any atom is -0.502 e. The summed E-state index contributed by atoms with van der Waals surface area (Å²) in [4.78, 5) is 11.1. The lowest BCUT2D eigenvalue weighted by Gasteiger charge is -2.19. The normalized spacial score (nSPS) is 10.7. The predicted molar refractivity (Wildman–Crippen MR) is 126 cm³/mol. The second-order valence-electron chi connectivity index (χ2n) is 7.98. The van der Waals surface area contributed by atoms with E-state index in [4.69, 9.17) is 24.1 Å². The molecule has 7 heteroatoms. The van der Waals surface area contributed by atoms with Crippen LogP contribution in [0.2, 0.25) is 0 Å². The van der Waals surface area contributed by atoms with Gasteiger partial charge in [-0.15, -0.1) is 0 Å². The van der Waals surface area contributed by atoms with E-state index in [0.717, 1.165) is 77.0 Å². The highest BCUT2D eigenvalue weighted by Gasteiger charge is 2.24. The van der Waals surface area contributed by atoms with Crippen LogP contribution in [0.25, 0.3) is 0 Å². The van der Waals surface area contributed by atoms with Crippen molar-refractivity contribution in [3.63, 3.8) is 0 Å². The molecule has 184 valence electrons. The van der Waals surface area contributed by atoms with Crippen LogP contribution in [-0.2, 0) is 0 Å². The highest BCUT2D eigenvalue weighted by Crippen LogP contribution is 2.50. The second kappa shape index (κ2) is 17.3. The molecular formula is C25H42O7. The summed E-state index contributed by atoms with van der Waals surface area (Å²) >= 11 is 0. The van der Waals surface area contributed by atoms with Crippen LogP contribution in [-0.4, -0.2) is 36.2 Å². The van der Waals surface area contributed by atoms with E-state index in [0.29, 0.717) is 31.3 Å². The molecule has 0 unspecified atom stereocenters. The summed E-state index contributed by atoms with van der Waals surface area (Å²) in [6.07, 6.45) is 10.8. The average Bonchev–Trinajstić information content (AvgIpc) is 2.76. The van der Waals surface area contributed by atoms with Crippen molar-refractivity contribution in [3.05, 3.63) is 6.07 Å². The number of hydrogen-bond donors (Lipinski definition) is 2. The number of aromatic hydroxyl groups is 1. The van der Waals surface area contributed by atoms with E-state index in [2.05, 4.69) is 20.8 Å². The highest BCUT2D eigenvalue weighted by molar-refractivity contribution is 5.70. The van der Waals surface area contributed by atoms with Crippen LogP contribution in [0.5, 0.6) is 28.7 Å². The van der Waals surface area contributed by atoms with Crippen molar-refractivity contribution in [1.82, 2.24) is 0 Å². The fourth-order valence-electron chi connectivity index (χ4n) is 3.25. The first-order valence-corrected chi connectivity index (χ1v) is 12.2. The number of carbonyl (C=O) groups is 1. The zero-order valence-electron chi connectivity index (χ0n) is 20.1. The molecule has 32 heavy (non-hydrogen) atoms. The van der Waals surface area contributed by atoms with E-state index in [9.17, 15) is 9.90 Å². The summed E-state index contributed by atoms with van der Waals surface area (Å²) in [5.41, 5.74) is 0. The molecule has 0 heterocycles. The summed E-state index contributed by atoms with van der Waals surface area (Å²) in [5, 5.41) is 19.7. The third-order valence-corrected chi connectivity index (χ3v) is 5.08. The molecule has 0 amide bonds. The second-order valence-corrected chi connectivity index (χ2v) is 7.98. The molecule has 0 aliphatic heterocycles. The van der Waals surface area contributed by atoms with E-state index >= 15 is 0 Å². The SMILES string of the molecule is CCCCCCOc1cc(OC(=O)O)c(O)c(OCCCCCC)c1OCCCCCC.